The molecule has 7 nitrogen and oxygen atoms in total. The third kappa shape index (κ3) is 8.45. The molecule has 2 heterocycles. The predicted octanol–water partition coefficient (Wildman–Crippen LogP) is 7.02. The second-order valence-electron chi connectivity index (χ2n) is 11.3. The van der Waals surface area contributed by atoms with E-state index in [0.717, 1.165) is 16.9 Å². The van der Waals surface area contributed by atoms with Crippen molar-refractivity contribution in [2.24, 2.45) is 13.0 Å². The van der Waals surface area contributed by atoms with Crippen molar-refractivity contribution < 1.29 is 44.6 Å². The summed E-state index contributed by atoms with van der Waals surface area (Å²) >= 11 is 0. The zero-order valence-electron chi connectivity index (χ0n) is 24.7. The van der Waals surface area contributed by atoms with E-state index in [9.17, 15) is 44.6 Å². The number of aromatic nitrogens is 4. The van der Waals surface area contributed by atoms with Crippen molar-refractivity contribution in [2.75, 3.05) is 18.0 Å². The first-order valence-electron chi connectivity index (χ1n) is 14.3. The summed E-state index contributed by atoms with van der Waals surface area (Å²) in [4.78, 5) is 4.33. The Labute approximate surface area is 253 Å². The first-order valence-corrected chi connectivity index (χ1v) is 14.3. The monoisotopic (exact) mass is 652 g/mol. The highest BCUT2D eigenvalue weighted by Gasteiger charge is 2.38. The molecule has 16 heteroatoms. The smallest absolute Gasteiger partial charge is 0.393 e. The molecule has 2 atom stereocenters. The Bertz CT molecular complexity index is 1410. The van der Waals surface area contributed by atoms with Gasteiger partial charge in [0.25, 0.3) is 5.95 Å². The fraction of sp³-hybridized carbons (Fsp3) is 0.552. The number of aliphatic hydroxyl groups is 1. The number of likely N-dealkylation sites (tertiary alicyclic amines) is 1. The summed E-state index contributed by atoms with van der Waals surface area (Å²) in [5.74, 6) is -0.115. The summed E-state index contributed by atoms with van der Waals surface area (Å²) in [6, 6.07) is 4.04. The summed E-state index contributed by atoms with van der Waals surface area (Å²) in [6.45, 7) is 3.77. The van der Waals surface area contributed by atoms with Crippen LogP contribution in [0.4, 0.5) is 45.5 Å². The molecular weight excluding hydrogens is 619 g/mol. The highest BCUT2D eigenvalue weighted by molar-refractivity contribution is 5.42. The maximum absolute atomic E-state index is 13.9. The van der Waals surface area contributed by atoms with E-state index in [-0.39, 0.29) is 36.1 Å². The van der Waals surface area contributed by atoms with E-state index < -0.39 is 53.4 Å². The Morgan fingerprint density at radius 3 is 1.91 bits per heavy atom. The lowest BCUT2D eigenvalue weighted by atomic mass is 9.88. The highest BCUT2D eigenvalue weighted by atomic mass is 19.4. The van der Waals surface area contributed by atoms with Crippen molar-refractivity contribution in [1.29, 1.82) is 0 Å². The highest BCUT2D eigenvalue weighted by Crippen LogP contribution is 2.39. The third-order valence-electron chi connectivity index (χ3n) is 8.08. The average molecular weight is 653 g/mol. The first kappa shape index (κ1) is 34.5. The number of nitrogens with zero attached hydrogens (tertiary/aromatic N) is 6. The van der Waals surface area contributed by atoms with Crippen LogP contribution >= 0.6 is 0 Å². The van der Waals surface area contributed by atoms with Crippen LogP contribution in [0.3, 0.4) is 0 Å². The van der Waals surface area contributed by atoms with Crippen molar-refractivity contribution in [1.82, 2.24) is 25.1 Å². The van der Waals surface area contributed by atoms with Crippen LogP contribution in [-0.2, 0) is 38.7 Å². The van der Waals surface area contributed by atoms with E-state index in [1.54, 1.807) is 6.92 Å². The molecule has 1 aromatic heterocycles. The minimum absolute atomic E-state index is 0.00583. The normalized spacial score (nSPS) is 17.0. The Kier molecular flexibility index (Phi) is 10.1. The van der Waals surface area contributed by atoms with Crippen LogP contribution in [0.1, 0.15) is 72.5 Å². The number of anilines is 1. The molecule has 45 heavy (non-hydrogen) atoms. The van der Waals surface area contributed by atoms with Crippen LogP contribution in [0.2, 0.25) is 0 Å². The van der Waals surface area contributed by atoms with E-state index in [1.807, 2.05) is 6.92 Å². The lowest BCUT2D eigenvalue weighted by Gasteiger charge is -2.39. The van der Waals surface area contributed by atoms with Crippen molar-refractivity contribution in [2.45, 2.75) is 76.9 Å². The molecule has 0 spiro atoms. The van der Waals surface area contributed by atoms with E-state index >= 15 is 0 Å². The van der Waals surface area contributed by atoms with Gasteiger partial charge in [-0.25, -0.2) is 0 Å². The van der Waals surface area contributed by atoms with E-state index in [0.29, 0.717) is 50.0 Å². The Balaban J connectivity index is 1.78. The molecule has 0 amide bonds. The number of halogens is 9. The van der Waals surface area contributed by atoms with Gasteiger partial charge in [-0.3, -0.25) is 4.90 Å². The fourth-order valence-electron chi connectivity index (χ4n) is 5.77. The lowest BCUT2D eigenvalue weighted by Crippen LogP contribution is -2.39. The molecule has 3 aromatic rings. The molecule has 1 N–H and O–H groups in total. The van der Waals surface area contributed by atoms with Gasteiger partial charge < -0.3 is 10.0 Å². The van der Waals surface area contributed by atoms with Gasteiger partial charge in [-0.05, 0) is 97.4 Å². The number of rotatable bonds is 9. The fourth-order valence-corrected chi connectivity index (χ4v) is 5.77. The van der Waals surface area contributed by atoms with Gasteiger partial charge in [0, 0.05) is 19.1 Å². The second-order valence-corrected chi connectivity index (χ2v) is 11.3. The minimum atomic E-state index is -5.09. The van der Waals surface area contributed by atoms with E-state index in [2.05, 4.69) is 20.3 Å². The van der Waals surface area contributed by atoms with Crippen molar-refractivity contribution in [3.05, 3.63) is 69.8 Å². The lowest BCUT2D eigenvalue weighted by molar-refractivity contribution is -0.143. The SMILES string of the molecule is CCC(c1ccc(C(F)(F)F)cc1CN(Cc1cc(C(F)(F)F)cc(C(F)(F)F)c1)c1nnn(C)n1)N1CCC(C(C)O)CC1. The van der Waals surface area contributed by atoms with Crippen LogP contribution in [-0.4, -0.2) is 49.4 Å². The molecule has 1 saturated heterocycles. The van der Waals surface area contributed by atoms with Gasteiger partial charge >= 0.3 is 18.5 Å². The number of hydrogen-bond acceptors (Lipinski definition) is 6. The predicted molar refractivity (Wildman–Crippen MR) is 146 cm³/mol. The Morgan fingerprint density at radius 2 is 1.44 bits per heavy atom. The van der Waals surface area contributed by atoms with Crippen LogP contribution in [0.5, 0.6) is 0 Å². The van der Waals surface area contributed by atoms with Gasteiger partial charge in [-0.2, -0.15) is 44.3 Å². The second kappa shape index (κ2) is 13.1. The number of aliphatic hydroxyl groups excluding tert-OH is 1. The van der Waals surface area contributed by atoms with Gasteiger partial charge in [-0.1, -0.05) is 18.1 Å². The third-order valence-corrected chi connectivity index (χ3v) is 8.08. The summed E-state index contributed by atoms with van der Waals surface area (Å²) in [5, 5.41) is 21.6. The maximum atomic E-state index is 13.9. The Hall–Kier alpha value is -3.40. The van der Waals surface area contributed by atoms with Crippen molar-refractivity contribution in [3.63, 3.8) is 0 Å². The molecule has 2 aromatic carbocycles. The number of piperidine rings is 1. The van der Waals surface area contributed by atoms with E-state index in [1.165, 1.54) is 18.0 Å². The van der Waals surface area contributed by atoms with Crippen LogP contribution in [0.25, 0.3) is 0 Å². The van der Waals surface area contributed by atoms with Gasteiger partial charge in [0.2, 0.25) is 0 Å². The number of hydrogen-bond donors (Lipinski definition) is 1. The van der Waals surface area contributed by atoms with Crippen LogP contribution in [0, 0.1) is 5.92 Å². The van der Waals surface area contributed by atoms with Gasteiger partial charge in [0.05, 0.1) is 29.8 Å². The average Bonchev–Trinajstić information content (AvgIpc) is 3.38. The number of benzene rings is 2. The molecule has 0 aliphatic carbocycles. The molecule has 4 rings (SSSR count). The van der Waals surface area contributed by atoms with Gasteiger partial charge in [-0.15, -0.1) is 5.10 Å². The zero-order chi connectivity index (χ0) is 33.3. The molecule has 0 radical (unpaired) electrons. The van der Waals surface area contributed by atoms with Crippen LogP contribution in [0.15, 0.2) is 36.4 Å². The quantitative estimate of drug-likeness (QED) is 0.251. The molecule has 248 valence electrons. The largest absolute Gasteiger partial charge is 0.416 e. The molecule has 0 saturated carbocycles. The van der Waals surface area contributed by atoms with E-state index in [4.69, 9.17) is 0 Å². The molecule has 1 aliphatic rings. The van der Waals surface area contributed by atoms with Gasteiger partial charge in [0.1, 0.15) is 0 Å². The van der Waals surface area contributed by atoms with Gasteiger partial charge in [0.15, 0.2) is 0 Å². The van der Waals surface area contributed by atoms with Crippen molar-refractivity contribution in [3.8, 4) is 0 Å². The summed E-state index contributed by atoms with van der Waals surface area (Å²) in [7, 11) is 1.39. The number of tetrazole rings is 1. The summed E-state index contributed by atoms with van der Waals surface area (Å²) in [6.07, 6.45) is -13.5. The molecule has 1 fully saturated rings. The topological polar surface area (TPSA) is 70.3 Å². The molecule has 0 bridgehead atoms. The summed E-state index contributed by atoms with van der Waals surface area (Å²) in [5.41, 5.74) is -3.73. The number of alkyl halides is 9. The summed E-state index contributed by atoms with van der Waals surface area (Å²) < 4.78 is 123. The van der Waals surface area contributed by atoms with Crippen molar-refractivity contribution >= 4 is 5.95 Å². The molecule has 1 aliphatic heterocycles. The Morgan fingerprint density at radius 1 is 0.867 bits per heavy atom. The molecule has 2 unspecified atom stereocenters. The van der Waals surface area contributed by atoms with Crippen LogP contribution < -0.4 is 4.90 Å². The first-order chi connectivity index (χ1) is 20.9. The standard InChI is InChI=1S/C29H33F9N6O/c1-4-25(43-9-7-19(8-10-43)17(2)45)24-6-5-21(27(30,31)32)13-20(24)16-44(26-39-41-42(3)40-26)15-18-11-22(28(33,34)35)14-23(12-18)29(36,37)38/h5-6,11-14,17,19,25,45H,4,7-10,15-16H2,1-3H3. The number of aryl methyl sites for hydroxylation is 1. The molecular formula is C29H33F9N6O. The zero-order valence-corrected chi connectivity index (χ0v) is 24.7. The minimum Gasteiger partial charge on any atom is -0.393 e. The maximum Gasteiger partial charge on any atom is 0.416 e.